The van der Waals surface area contributed by atoms with E-state index in [-0.39, 0.29) is 5.41 Å². The minimum atomic E-state index is -4.46. The Hall–Kier alpha value is -2.34. The van der Waals surface area contributed by atoms with E-state index in [0.29, 0.717) is 17.0 Å². The third-order valence-corrected chi connectivity index (χ3v) is 6.76. The minimum Gasteiger partial charge on any atom is -0.334 e. The molecule has 0 saturated carbocycles. The monoisotopic (exact) mass is 415 g/mol. The van der Waals surface area contributed by atoms with Crippen molar-refractivity contribution in [2.24, 2.45) is 5.92 Å². The van der Waals surface area contributed by atoms with Gasteiger partial charge < -0.3 is 9.88 Å². The van der Waals surface area contributed by atoms with Gasteiger partial charge in [0.15, 0.2) is 0 Å². The Morgan fingerprint density at radius 2 is 1.93 bits per heavy atom. The maximum absolute atomic E-state index is 13.0. The van der Waals surface area contributed by atoms with Crippen LogP contribution in [0.2, 0.25) is 0 Å². The van der Waals surface area contributed by atoms with Gasteiger partial charge in [-0.1, -0.05) is 50.2 Å². The fourth-order valence-electron chi connectivity index (χ4n) is 4.60. The number of likely N-dealkylation sites (tertiary alicyclic amines) is 1. The lowest BCUT2D eigenvalue weighted by Crippen LogP contribution is -2.47. The number of benzene rings is 2. The summed E-state index contributed by atoms with van der Waals surface area (Å²) in [6, 6.07) is 16.1. The SMILES string of the molecule is C[C@H]1CN(CCCc2ccccc2)CC[C@]1(C)c1ccc2nc(C(F)(F)F)[nH]c2c1. The van der Waals surface area contributed by atoms with E-state index in [2.05, 4.69) is 53.0 Å². The molecule has 1 aromatic heterocycles. The van der Waals surface area contributed by atoms with Gasteiger partial charge in [0.25, 0.3) is 0 Å². The van der Waals surface area contributed by atoms with Crippen LogP contribution in [-0.2, 0) is 18.0 Å². The summed E-state index contributed by atoms with van der Waals surface area (Å²) in [5.74, 6) is -0.522. The predicted molar refractivity (Wildman–Crippen MR) is 113 cm³/mol. The van der Waals surface area contributed by atoms with E-state index in [1.807, 2.05) is 18.2 Å². The molecule has 4 rings (SSSR count). The van der Waals surface area contributed by atoms with Crippen molar-refractivity contribution in [1.82, 2.24) is 14.9 Å². The number of rotatable bonds is 5. The lowest BCUT2D eigenvalue weighted by molar-refractivity contribution is -0.144. The molecule has 0 amide bonds. The van der Waals surface area contributed by atoms with Gasteiger partial charge in [-0.05, 0) is 66.9 Å². The average molecular weight is 416 g/mol. The molecule has 0 unspecified atom stereocenters. The van der Waals surface area contributed by atoms with Crippen molar-refractivity contribution < 1.29 is 13.2 Å². The van der Waals surface area contributed by atoms with Crippen LogP contribution in [0, 0.1) is 5.92 Å². The zero-order chi connectivity index (χ0) is 21.4. The van der Waals surface area contributed by atoms with Crippen molar-refractivity contribution in [3.8, 4) is 0 Å². The summed E-state index contributed by atoms with van der Waals surface area (Å²) in [4.78, 5) is 8.67. The third-order valence-electron chi connectivity index (χ3n) is 6.76. The normalized spacial score (nSPS) is 23.2. The maximum atomic E-state index is 13.0. The second-order valence-corrected chi connectivity index (χ2v) is 8.77. The van der Waals surface area contributed by atoms with Gasteiger partial charge in [-0.2, -0.15) is 13.2 Å². The number of aromatic nitrogens is 2. The molecule has 3 nitrogen and oxygen atoms in total. The van der Waals surface area contributed by atoms with Crippen LogP contribution in [-0.4, -0.2) is 34.5 Å². The predicted octanol–water partition coefficient (Wildman–Crippen LogP) is 5.81. The zero-order valence-electron chi connectivity index (χ0n) is 17.5. The van der Waals surface area contributed by atoms with E-state index in [4.69, 9.17) is 0 Å². The largest absolute Gasteiger partial charge is 0.449 e. The zero-order valence-corrected chi connectivity index (χ0v) is 17.5. The van der Waals surface area contributed by atoms with Crippen LogP contribution in [0.25, 0.3) is 11.0 Å². The summed E-state index contributed by atoms with van der Waals surface area (Å²) in [5, 5.41) is 0. The van der Waals surface area contributed by atoms with Crippen molar-refractivity contribution >= 4 is 11.0 Å². The topological polar surface area (TPSA) is 31.9 Å². The number of H-pyrrole nitrogens is 1. The van der Waals surface area contributed by atoms with Crippen molar-refractivity contribution in [3.63, 3.8) is 0 Å². The van der Waals surface area contributed by atoms with Gasteiger partial charge in [-0.25, -0.2) is 4.98 Å². The molecule has 2 atom stereocenters. The summed E-state index contributed by atoms with van der Waals surface area (Å²) >= 11 is 0. The fourth-order valence-corrected chi connectivity index (χ4v) is 4.60. The standard InChI is InChI=1S/C24H28F3N3/c1-17-16-30(13-6-9-18-7-4-3-5-8-18)14-12-23(17,2)19-10-11-20-21(15-19)29-22(28-20)24(25,26)27/h3-5,7-8,10-11,15,17H,6,9,12-14,16H2,1-2H3,(H,28,29)/t17-,23-/m0/s1. The second-order valence-electron chi connectivity index (χ2n) is 8.77. The number of nitrogens with zero attached hydrogens (tertiary/aromatic N) is 2. The number of nitrogens with one attached hydrogen (secondary N) is 1. The molecule has 0 aliphatic carbocycles. The van der Waals surface area contributed by atoms with E-state index < -0.39 is 12.0 Å². The van der Waals surface area contributed by atoms with Crippen molar-refractivity contribution in [1.29, 1.82) is 0 Å². The molecule has 0 spiro atoms. The smallest absolute Gasteiger partial charge is 0.334 e. The van der Waals surface area contributed by atoms with E-state index >= 15 is 0 Å². The first-order valence-electron chi connectivity index (χ1n) is 10.6. The number of piperidine rings is 1. The molecule has 0 radical (unpaired) electrons. The fraction of sp³-hybridized carbons (Fsp3) is 0.458. The Balaban J connectivity index is 1.42. The Morgan fingerprint density at radius 1 is 1.17 bits per heavy atom. The summed E-state index contributed by atoms with van der Waals surface area (Å²) in [6.45, 7) is 7.57. The highest BCUT2D eigenvalue weighted by Gasteiger charge is 2.39. The molecule has 1 aliphatic heterocycles. The second kappa shape index (κ2) is 8.06. The molecule has 1 fully saturated rings. The van der Waals surface area contributed by atoms with Crippen LogP contribution in [0.4, 0.5) is 13.2 Å². The first-order valence-corrected chi connectivity index (χ1v) is 10.6. The molecule has 1 N–H and O–H groups in total. The number of imidazole rings is 1. The van der Waals surface area contributed by atoms with Gasteiger partial charge in [-0.15, -0.1) is 0 Å². The lowest BCUT2D eigenvalue weighted by atomic mass is 9.68. The number of hydrogen-bond donors (Lipinski definition) is 1. The highest BCUT2D eigenvalue weighted by Crippen LogP contribution is 2.40. The van der Waals surface area contributed by atoms with Crippen LogP contribution in [0.15, 0.2) is 48.5 Å². The van der Waals surface area contributed by atoms with Crippen molar-refractivity contribution in [2.75, 3.05) is 19.6 Å². The van der Waals surface area contributed by atoms with Gasteiger partial charge in [0.1, 0.15) is 0 Å². The van der Waals surface area contributed by atoms with Crippen LogP contribution in [0.1, 0.15) is 43.6 Å². The third kappa shape index (κ3) is 4.24. The molecular formula is C24H28F3N3. The number of hydrogen-bond acceptors (Lipinski definition) is 2. The molecule has 1 aliphatic rings. The van der Waals surface area contributed by atoms with Gasteiger partial charge in [-0.3, -0.25) is 0 Å². The Bertz CT molecular complexity index is 996. The number of aromatic amines is 1. The molecule has 2 heterocycles. The summed E-state index contributed by atoms with van der Waals surface area (Å²) in [7, 11) is 0. The van der Waals surface area contributed by atoms with E-state index in [1.165, 1.54) is 5.56 Å². The molecule has 0 bridgehead atoms. The minimum absolute atomic E-state index is 0.0619. The van der Waals surface area contributed by atoms with Gasteiger partial charge in [0.2, 0.25) is 5.82 Å². The summed E-state index contributed by atoms with van der Waals surface area (Å²) in [6.07, 6.45) is -1.25. The Kier molecular flexibility index (Phi) is 5.62. The molecule has 160 valence electrons. The highest BCUT2D eigenvalue weighted by atomic mass is 19.4. The molecule has 30 heavy (non-hydrogen) atoms. The van der Waals surface area contributed by atoms with E-state index in [1.54, 1.807) is 6.07 Å². The Morgan fingerprint density at radius 3 is 2.63 bits per heavy atom. The lowest BCUT2D eigenvalue weighted by Gasteiger charge is -2.45. The van der Waals surface area contributed by atoms with Gasteiger partial charge in [0, 0.05) is 6.54 Å². The number of fused-ring (bicyclic) bond motifs is 1. The van der Waals surface area contributed by atoms with Crippen molar-refractivity contribution in [2.45, 2.75) is 44.7 Å². The maximum Gasteiger partial charge on any atom is 0.449 e. The molecular weight excluding hydrogens is 387 g/mol. The summed E-state index contributed by atoms with van der Waals surface area (Å²) in [5.41, 5.74) is 3.22. The first-order chi connectivity index (χ1) is 14.3. The molecule has 1 saturated heterocycles. The van der Waals surface area contributed by atoms with Gasteiger partial charge >= 0.3 is 6.18 Å². The summed E-state index contributed by atoms with van der Waals surface area (Å²) < 4.78 is 38.9. The van der Waals surface area contributed by atoms with E-state index in [0.717, 1.165) is 44.5 Å². The number of halogens is 3. The quantitative estimate of drug-likeness (QED) is 0.570. The van der Waals surface area contributed by atoms with E-state index in [9.17, 15) is 13.2 Å². The Labute approximate surface area is 175 Å². The number of aryl methyl sites for hydroxylation is 1. The molecule has 6 heteroatoms. The van der Waals surface area contributed by atoms with Crippen molar-refractivity contribution in [3.05, 3.63) is 65.5 Å². The highest BCUT2D eigenvalue weighted by molar-refractivity contribution is 5.76. The number of alkyl halides is 3. The van der Waals surface area contributed by atoms with Crippen LogP contribution in [0.5, 0.6) is 0 Å². The molecule has 3 aromatic rings. The average Bonchev–Trinajstić information content (AvgIpc) is 3.16. The van der Waals surface area contributed by atoms with Crippen LogP contribution >= 0.6 is 0 Å². The van der Waals surface area contributed by atoms with Crippen LogP contribution < -0.4 is 0 Å². The van der Waals surface area contributed by atoms with Crippen LogP contribution in [0.3, 0.4) is 0 Å². The van der Waals surface area contributed by atoms with Gasteiger partial charge in [0.05, 0.1) is 11.0 Å². The molecule has 2 aromatic carbocycles. The first kappa shape index (κ1) is 20.9.